The van der Waals surface area contributed by atoms with E-state index >= 15 is 0 Å². The minimum atomic E-state index is -0.360. The number of phenols is 1. The molecule has 2 amide bonds. The molecule has 0 spiro atoms. The molecule has 1 atom stereocenters. The first kappa shape index (κ1) is 25.1. The average molecular weight is 497 g/mol. The van der Waals surface area contributed by atoms with Gasteiger partial charge in [-0.2, -0.15) is 0 Å². The highest BCUT2D eigenvalue weighted by molar-refractivity contribution is 8.18. The molecule has 35 heavy (non-hydrogen) atoms. The first-order valence-electron chi connectivity index (χ1n) is 11.7. The Balaban J connectivity index is 1.30. The van der Waals surface area contributed by atoms with E-state index in [-0.39, 0.29) is 16.7 Å². The molecule has 0 saturated carbocycles. The molecule has 186 valence electrons. The Labute approximate surface area is 210 Å². The van der Waals surface area contributed by atoms with Crippen LogP contribution in [-0.2, 0) is 11.2 Å². The van der Waals surface area contributed by atoms with Crippen molar-refractivity contribution in [3.8, 4) is 17.2 Å². The Hall–Kier alpha value is -2.97. The van der Waals surface area contributed by atoms with Crippen LogP contribution in [-0.4, -0.2) is 53.5 Å². The van der Waals surface area contributed by atoms with Gasteiger partial charge in [0.15, 0.2) is 0 Å². The van der Waals surface area contributed by atoms with Crippen LogP contribution < -0.4 is 14.8 Å². The van der Waals surface area contributed by atoms with Crippen LogP contribution in [0.2, 0.25) is 0 Å². The maximum absolute atomic E-state index is 11.7. The van der Waals surface area contributed by atoms with Crippen molar-refractivity contribution in [2.45, 2.75) is 46.1 Å². The lowest BCUT2D eigenvalue weighted by molar-refractivity contribution is -0.115. The summed E-state index contributed by atoms with van der Waals surface area (Å²) in [4.78, 5) is 25.6. The third-order valence-electron chi connectivity index (χ3n) is 6.76. The van der Waals surface area contributed by atoms with Gasteiger partial charge in [0.2, 0.25) is 0 Å². The number of aromatic hydroxyl groups is 1. The predicted octanol–water partition coefficient (Wildman–Crippen LogP) is 4.74. The van der Waals surface area contributed by atoms with E-state index < -0.39 is 0 Å². The van der Waals surface area contributed by atoms with Crippen molar-refractivity contribution in [2.75, 3.05) is 26.7 Å². The topological polar surface area (TPSA) is 88.1 Å². The lowest BCUT2D eigenvalue weighted by Gasteiger charge is -2.40. The number of nitrogens with one attached hydrogen (secondary N) is 1. The molecule has 0 aliphatic carbocycles. The van der Waals surface area contributed by atoms with Crippen molar-refractivity contribution in [1.29, 1.82) is 0 Å². The lowest BCUT2D eigenvalue weighted by Crippen LogP contribution is -2.47. The molecule has 0 bridgehead atoms. The number of imide groups is 1. The quantitative estimate of drug-likeness (QED) is 0.536. The summed E-state index contributed by atoms with van der Waals surface area (Å²) in [5.74, 6) is 1.69. The van der Waals surface area contributed by atoms with E-state index in [1.54, 1.807) is 6.08 Å². The number of thioether (sulfide) groups is 1. The molecule has 4 rings (SSSR count). The second-order valence-electron chi connectivity index (χ2n) is 9.59. The number of hydrogen-bond acceptors (Lipinski definition) is 7. The van der Waals surface area contributed by atoms with Crippen molar-refractivity contribution in [3.05, 3.63) is 57.0 Å². The highest BCUT2D eigenvalue weighted by atomic mass is 32.2. The zero-order chi connectivity index (χ0) is 25.3. The molecule has 2 aromatic carbocycles. The van der Waals surface area contributed by atoms with E-state index in [1.165, 1.54) is 0 Å². The number of carbonyl (C=O) groups excluding carboxylic acids is 2. The standard InChI is InChI=1S/C27H32N2O5S/c1-16-17(2)24-21(18(3)23(16)30)10-11-27(4,34-24)15-29(5)12-13-33-20-8-6-19(7-9-20)14-22-25(31)28-26(32)35-22/h6-9,14,30H,10-13,15H2,1-5H3,(H,28,31,32)/b22-14+. The fraction of sp³-hybridized carbons (Fsp3) is 0.407. The van der Waals surface area contributed by atoms with Gasteiger partial charge in [-0.1, -0.05) is 12.1 Å². The van der Waals surface area contributed by atoms with E-state index in [4.69, 9.17) is 9.47 Å². The Kier molecular flexibility index (Phi) is 7.15. The van der Waals surface area contributed by atoms with E-state index in [1.807, 2.05) is 45.0 Å². The van der Waals surface area contributed by atoms with Gasteiger partial charge in [-0.3, -0.25) is 19.8 Å². The number of fused-ring (bicyclic) bond motifs is 1. The minimum Gasteiger partial charge on any atom is -0.507 e. The smallest absolute Gasteiger partial charge is 0.290 e. The number of benzene rings is 2. The van der Waals surface area contributed by atoms with Crippen LogP contribution in [0.3, 0.4) is 0 Å². The minimum absolute atomic E-state index is 0.316. The molecule has 1 saturated heterocycles. The van der Waals surface area contributed by atoms with Crippen LogP contribution in [0.15, 0.2) is 29.2 Å². The number of ether oxygens (including phenoxy) is 2. The first-order chi connectivity index (χ1) is 16.6. The van der Waals surface area contributed by atoms with Gasteiger partial charge in [0.1, 0.15) is 29.5 Å². The zero-order valence-electron chi connectivity index (χ0n) is 20.9. The van der Waals surface area contributed by atoms with E-state index in [0.717, 1.165) is 77.0 Å². The summed E-state index contributed by atoms with van der Waals surface area (Å²) in [5, 5.41) is 12.3. The molecule has 2 aromatic rings. The highest BCUT2D eigenvalue weighted by Crippen LogP contribution is 2.43. The molecule has 0 radical (unpaired) electrons. The van der Waals surface area contributed by atoms with Crippen molar-refractivity contribution >= 4 is 29.0 Å². The summed E-state index contributed by atoms with van der Waals surface area (Å²) >= 11 is 0.906. The fourth-order valence-electron chi connectivity index (χ4n) is 4.61. The number of phenolic OH excluding ortho intramolecular Hbond substituents is 1. The van der Waals surface area contributed by atoms with Crippen LogP contribution in [0.1, 0.15) is 41.2 Å². The SMILES string of the molecule is Cc1c(C)c2c(c(C)c1O)CCC(C)(CN(C)CCOc1ccc(/C=C3/SC(=O)NC3=O)cc1)O2. The maximum atomic E-state index is 11.7. The van der Waals surface area contributed by atoms with Gasteiger partial charge in [-0.15, -0.1) is 0 Å². The van der Waals surface area contributed by atoms with Gasteiger partial charge >= 0.3 is 0 Å². The molecular weight excluding hydrogens is 464 g/mol. The van der Waals surface area contributed by atoms with Gasteiger partial charge < -0.3 is 14.6 Å². The Morgan fingerprint density at radius 1 is 1.17 bits per heavy atom. The van der Waals surface area contributed by atoms with Crippen LogP contribution >= 0.6 is 11.8 Å². The molecule has 1 fully saturated rings. The molecule has 8 heteroatoms. The number of rotatable bonds is 7. The van der Waals surface area contributed by atoms with Gasteiger partial charge in [-0.25, -0.2) is 0 Å². The summed E-state index contributed by atoms with van der Waals surface area (Å²) in [6.07, 6.45) is 3.46. The second-order valence-corrected chi connectivity index (χ2v) is 10.6. The Morgan fingerprint density at radius 3 is 2.54 bits per heavy atom. The maximum Gasteiger partial charge on any atom is 0.290 e. The Morgan fingerprint density at radius 2 is 1.89 bits per heavy atom. The number of hydrogen-bond donors (Lipinski definition) is 2. The highest BCUT2D eigenvalue weighted by Gasteiger charge is 2.35. The van der Waals surface area contributed by atoms with Crippen LogP contribution in [0.4, 0.5) is 4.79 Å². The van der Waals surface area contributed by atoms with Crippen LogP contribution in [0, 0.1) is 20.8 Å². The third kappa shape index (κ3) is 5.49. The first-order valence-corrected chi connectivity index (χ1v) is 12.5. The molecule has 2 aliphatic rings. The summed E-state index contributed by atoms with van der Waals surface area (Å²) in [6, 6.07) is 7.44. The van der Waals surface area contributed by atoms with E-state index in [0.29, 0.717) is 17.3 Å². The van der Waals surface area contributed by atoms with Crippen molar-refractivity contribution < 1.29 is 24.2 Å². The molecular formula is C27H32N2O5S. The van der Waals surface area contributed by atoms with Crippen LogP contribution in [0.5, 0.6) is 17.2 Å². The second kappa shape index (κ2) is 9.95. The number of nitrogens with zero attached hydrogens (tertiary/aromatic N) is 1. The van der Waals surface area contributed by atoms with E-state index in [9.17, 15) is 14.7 Å². The number of likely N-dealkylation sites (N-methyl/N-ethyl adjacent to an activating group) is 1. The molecule has 2 N–H and O–H groups in total. The molecule has 1 unspecified atom stereocenters. The summed E-state index contributed by atoms with van der Waals surface area (Å²) in [7, 11) is 2.06. The lowest BCUT2D eigenvalue weighted by atomic mass is 9.87. The summed E-state index contributed by atoms with van der Waals surface area (Å²) in [5.41, 5.74) is 4.45. The third-order valence-corrected chi connectivity index (χ3v) is 7.57. The average Bonchev–Trinajstić information content (AvgIpc) is 3.13. The van der Waals surface area contributed by atoms with Crippen molar-refractivity contribution in [1.82, 2.24) is 10.2 Å². The molecule has 0 aromatic heterocycles. The van der Waals surface area contributed by atoms with Crippen molar-refractivity contribution in [2.24, 2.45) is 0 Å². The van der Waals surface area contributed by atoms with Crippen molar-refractivity contribution in [3.63, 3.8) is 0 Å². The van der Waals surface area contributed by atoms with Gasteiger partial charge in [0, 0.05) is 18.7 Å². The fourth-order valence-corrected chi connectivity index (χ4v) is 5.29. The molecule has 2 aliphatic heterocycles. The normalized spacial score (nSPS) is 20.7. The summed E-state index contributed by atoms with van der Waals surface area (Å²) in [6.45, 7) is 10.1. The largest absolute Gasteiger partial charge is 0.507 e. The predicted molar refractivity (Wildman–Crippen MR) is 138 cm³/mol. The molecule has 7 nitrogen and oxygen atoms in total. The van der Waals surface area contributed by atoms with Crippen LogP contribution in [0.25, 0.3) is 6.08 Å². The molecule has 2 heterocycles. The zero-order valence-corrected chi connectivity index (χ0v) is 21.7. The van der Waals surface area contributed by atoms with Gasteiger partial charge in [0.05, 0.1) is 4.91 Å². The number of amides is 2. The monoisotopic (exact) mass is 496 g/mol. The van der Waals surface area contributed by atoms with Gasteiger partial charge in [0.25, 0.3) is 11.1 Å². The summed E-state index contributed by atoms with van der Waals surface area (Å²) < 4.78 is 12.4. The van der Waals surface area contributed by atoms with E-state index in [2.05, 4.69) is 24.2 Å². The van der Waals surface area contributed by atoms with Gasteiger partial charge in [-0.05, 0) is 99.8 Å². The Bertz CT molecular complexity index is 1190. The number of carbonyl (C=O) groups is 2.